The minimum atomic E-state index is -0.429. The molecular weight excluding hydrogens is 296 g/mol. The Hall–Kier alpha value is -1.73. The Morgan fingerprint density at radius 3 is 2.78 bits per heavy atom. The Labute approximate surface area is 135 Å². The predicted octanol–water partition coefficient (Wildman–Crippen LogP) is 0.0788. The maximum Gasteiger partial charge on any atom is 0.279 e. The molecule has 0 spiro atoms. The average molecular weight is 320 g/mol. The van der Waals surface area contributed by atoms with E-state index in [2.05, 4.69) is 14.9 Å². The third-order valence-electron chi connectivity index (χ3n) is 4.99. The molecule has 7 heteroatoms. The van der Waals surface area contributed by atoms with E-state index < -0.39 is 5.56 Å². The molecule has 0 saturated carbocycles. The van der Waals surface area contributed by atoms with Gasteiger partial charge in [0, 0.05) is 44.7 Å². The number of hydrogen-bond acceptors (Lipinski definition) is 5. The molecule has 0 radical (unpaired) electrons. The highest BCUT2D eigenvalue weighted by molar-refractivity contribution is 5.91. The predicted molar refractivity (Wildman–Crippen MR) is 85.2 cm³/mol. The van der Waals surface area contributed by atoms with Gasteiger partial charge in [0.1, 0.15) is 0 Å². The number of aromatic nitrogens is 2. The lowest BCUT2D eigenvalue weighted by atomic mass is 9.94. The molecule has 2 N–H and O–H groups in total. The van der Waals surface area contributed by atoms with E-state index in [1.165, 1.54) is 12.4 Å². The molecule has 3 rings (SSSR count). The number of amides is 1. The highest BCUT2D eigenvalue weighted by Gasteiger charge is 2.31. The molecule has 1 aromatic rings. The number of piperidine rings is 2. The molecule has 0 aromatic carbocycles. The monoisotopic (exact) mass is 320 g/mol. The van der Waals surface area contributed by atoms with Crippen molar-refractivity contribution in [2.75, 3.05) is 32.8 Å². The molecule has 3 heterocycles. The van der Waals surface area contributed by atoms with E-state index in [9.17, 15) is 14.7 Å². The third kappa shape index (κ3) is 3.61. The number of aromatic amines is 1. The van der Waals surface area contributed by atoms with Crippen LogP contribution in [0.25, 0.3) is 0 Å². The number of hydrogen-bond donors (Lipinski definition) is 2. The largest absolute Gasteiger partial charge is 0.396 e. The first kappa shape index (κ1) is 16.1. The lowest BCUT2D eigenvalue weighted by Crippen LogP contribution is -2.50. The van der Waals surface area contributed by atoms with E-state index in [0.717, 1.165) is 38.8 Å². The zero-order chi connectivity index (χ0) is 16.2. The zero-order valence-electron chi connectivity index (χ0n) is 13.3. The van der Waals surface area contributed by atoms with Gasteiger partial charge >= 0.3 is 0 Å². The molecule has 126 valence electrons. The van der Waals surface area contributed by atoms with E-state index >= 15 is 0 Å². The number of H-pyrrole nitrogens is 1. The maximum absolute atomic E-state index is 12.4. The van der Waals surface area contributed by atoms with Crippen molar-refractivity contribution in [1.29, 1.82) is 0 Å². The second-order valence-corrected chi connectivity index (χ2v) is 6.48. The van der Waals surface area contributed by atoms with Crippen LogP contribution in [0, 0.1) is 5.92 Å². The van der Waals surface area contributed by atoms with Gasteiger partial charge in [-0.3, -0.25) is 14.5 Å². The lowest BCUT2D eigenvalue weighted by Gasteiger charge is -2.42. The molecule has 1 amide bonds. The van der Waals surface area contributed by atoms with Gasteiger partial charge < -0.3 is 15.0 Å². The molecule has 2 aliphatic rings. The van der Waals surface area contributed by atoms with Crippen LogP contribution in [0.2, 0.25) is 0 Å². The van der Waals surface area contributed by atoms with Gasteiger partial charge in [0.15, 0.2) is 5.69 Å². The van der Waals surface area contributed by atoms with Gasteiger partial charge in [-0.25, -0.2) is 4.98 Å². The van der Waals surface area contributed by atoms with Crippen molar-refractivity contribution in [2.24, 2.45) is 5.92 Å². The number of carbonyl (C=O) groups excluding carboxylic acids is 1. The molecule has 2 saturated heterocycles. The first-order valence-corrected chi connectivity index (χ1v) is 8.37. The van der Waals surface area contributed by atoms with Gasteiger partial charge in [0.05, 0.1) is 0 Å². The van der Waals surface area contributed by atoms with Crippen molar-refractivity contribution >= 4 is 5.91 Å². The molecule has 1 aromatic heterocycles. The van der Waals surface area contributed by atoms with Crippen LogP contribution < -0.4 is 5.56 Å². The Bertz CT molecular complexity index is 595. The topological polar surface area (TPSA) is 89.5 Å². The third-order valence-corrected chi connectivity index (χ3v) is 4.99. The zero-order valence-corrected chi connectivity index (χ0v) is 13.3. The van der Waals surface area contributed by atoms with Gasteiger partial charge in [0.25, 0.3) is 11.5 Å². The summed E-state index contributed by atoms with van der Waals surface area (Å²) in [6.45, 7) is 3.60. The molecule has 0 unspecified atom stereocenters. The van der Waals surface area contributed by atoms with Crippen molar-refractivity contribution in [3.05, 3.63) is 28.4 Å². The van der Waals surface area contributed by atoms with Gasteiger partial charge in [-0.1, -0.05) is 0 Å². The first-order valence-electron chi connectivity index (χ1n) is 8.37. The lowest BCUT2D eigenvalue weighted by molar-refractivity contribution is 0.0451. The minimum absolute atomic E-state index is 0.0238. The summed E-state index contributed by atoms with van der Waals surface area (Å²) in [5.41, 5.74) is -0.453. The van der Waals surface area contributed by atoms with Crippen LogP contribution in [0.15, 0.2) is 17.2 Å². The Morgan fingerprint density at radius 1 is 1.30 bits per heavy atom. The molecule has 2 fully saturated rings. The summed E-state index contributed by atoms with van der Waals surface area (Å²) in [5.74, 6) is 0.104. The summed E-state index contributed by atoms with van der Waals surface area (Å²) < 4.78 is 0. The van der Waals surface area contributed by atoms with E-state index in [4.69, 9.17) is 0 Å². The van der Waals surface area contributed by atoms with Gasteiger partial charge in [-0.05, 0) is 38.1 Å². The number of aliphatic hydroxyl groups is 1. The van der Waals surface area contributed by atoms with Crippen LogP contribution in [-0.4, -0.2) is 69.6 Å². The van der Waals surface area contributed by atoms with Crippen LogP contribution in [0.3, 0.4) is 0 Å². The van der Waals surface area contributed by atoms with Crippen LogP contribution in [0.1, 0.15) is 36.2 Å². The number of nitrogens with one attached hydrogen (secondary N) is 1. The molecule has 0 bridgehead atoms. The van der Waals surface area contributed by atoms with E-state index in [1.54, 1.807) is 4.90 Å². The van der Waals surface area contributed by atoms with Crippen molar-refractivity contribution < 1.29 is 9.90 Å². The Morgan fingerprint density at radius 2 is 2.09 bits per heavy atom. The average Bonchev–Trinajstić information content (AvgIpc) is 2.62. The number of rotatable bonds is 3. The van der Waals surface area contributed by atoms with Crippen molar-refractivity contribution in [3.8, 4) is 0 Å². The Balaban J connectivity index is 1.57. The van der Waals surface area contributed by atoms with Crippen molar-refractivity contribution in [2.45, 2.75) is 31.7 Å². The fourth-order valence-electron chi connectivity index (χ4n) is 3.67. The normalized spacial score (nSPS) is 23.9. The summed E-state index contributed by atoms with van der Waals surface area (Å²) in [7, 11) is 0. The summed E-state index contributed by atoms with van der Waals surface area (Å²) in [5, 5.41) is 9.36. The summed E-state index contributed by atoms with van der Waals surface area (Å²) in [6, 6.07) is 0.468. The van der Waals surface area contributed by atoms with Crippen LogP contribution in [-0.2, 0) is 0 Å². The van der Waals surface area contributed by atoms with Crippen molar-refractivity contribution in [3.63, 3.8) is 0 Å². The second-order valence-electron chi connectivity index (χ2n) is 6.48. The number of likely N-dealkylation sites (tertiary alicyclic amines) is 2. The van der Waals surface area contributed by atoms with Gasteiger partial charge in [-0.2, -0.15) is 0 Å². The van der Waals surface area contributed by atoms with Crippen LogP contribution in [0.4, 0.5) is 0 Å². The highest BCUT2D eigenvalue weighted by atomic mass is 16.3. The van der Waals surface area contributed by atoms with Crippen LogP contribution >= 0.6 is 0 Å². The molecule has 1 atom stereocenters. The standard InChI is InChI=1S/C16H24N4O3/c21-11-12-2-1-7-20(10-12)13-3-8-19(9-4-13)16(23)14-15(22)18-6-5-17-14/h5-6,12-13,21H,1-4,7-11H2,(H,18,22)/t12-/m1/s1. The van der Waals surface area contributed by atoms with E-state index in [0.29, 0.717) is 25.0 Å². The number of carbonyl (C=O) groups is 1. The molecule has 0 aliphatic carbocycles. The fourth-order valence-corrected chi connectivity index (χ4v) is 3.67. The quantitative estimate of drug-likeness (QED) is 0.823. The maximum atomic E-state index is 12.4. The smallest absolute Gasteiger partial charge is 0.279 e. The summed E-state index contributed by atoms with van der Waals surface area (Å²) in [4.78, 5) is 34.7. The molecule has 7 nitrogen and oxygen atoms in total. The molecular formula is C16H24N4O3. The first-order chi connectivity index (χ1) is 11.2. The summed E-state index contributed by atoms with van der Waals surface area (Å²) in [6.07, 6.45) is 6.92. The highest BCUT2D eigenvalue weighted by Crippen LogP contribution is 2.23. The Kier molecular flexibility index (Phi) is 5.07. The van der Waals surface area contributed by atoms with Gasteiger partial charge in [0.2, 0.25) is 0 Å². The second kappa shape index (κ2) is 7.23. The number of nitrogens with zero attached hydrogens (tertiary/aromatic N) is 3. The van der Waals surface area contributed by atoms with E-state index in [1.807, 2.05) is 0 Å². The number of aliphatic hydroxyl groups excluding tert-OH is 1. The fraction of sp³-hybridized carbons (Fsp3) is 0.688. The van der Waals surface area contributed by atoms with Crippen LogP contribution in [0.5, 0.6) is 0 Å². The van der Waals surface area contributed by atoms with Crippen molar-refractivity contribution in [1.82, 2.24) is 19.8 Å². The molecule has 2 aliphatic heterocycles. The van der Waals surface area contributed by atoms with E-state index in [-0.39, 0.29) is 18.2 Å². The summed E-state index contributed by atoms with van der Waals surface area (Å²) >= 11 is 0. The molecule has 23 heavy (non-hydrogen) atoms. The SMILES string of the molecule is O=C(c1ncc[nH]c1=O)N1CCC(N2CCC[C@@H](CO)C2)CC1. The minimum Gasteiger partial charge on any atom is -0.396 e. The van der Waals surface area contributed by atoms with Gasteiger partial charge in [-0.15, -0.1) is 0 Å².